The molecular weight excluding hydrogens is 758 g/mol. The number of hydrogen-bond donors (Lipinski definition) is 1. The second-order valence-corrected chi connectivity index (χ2v) is 19.7. The highest BCUT2D eigenvalue weighted by Gasteiger charge is 2.26. The van der Waals surface area contributed by atoms with Crippen LogP contribution >= 0.6 is 7.82 Å². The van der Waals surface area contributed by atoms with Crippen LogP contribution in [0.2, 0.25) is 0 Å². The summed E-state index contributed by atoms with van der Waals surface area (Å²) in [7, 11) is 1.64. The number of carbonyl (C=O) groups excluding carboxylic acids is 1. The smallest absolute Gasteiger partial charge is 0.472 e. The Kier molecular flexibility index (Phi) is 42.6. The third kappa shape index (κ3) is 47.7. The molecule has 0 aromatic rings. The van der Waals surface area contributed by atoms with Gasteiger partial charge in [0.15, 0.2) is 6.10 Å². The van der Waals surface area contributed by atoms with E-state index in [2.05, 4.69) is 26.0 Å². The zero-order valence-electron chi connectivity index (χ0n) is 39.8. The molecule has 0 aliphatic carbocycles. The minimum Gasteiger partial charge on any atom is -0.498 e. The van der Waals surface area contributed by atoms with Gasteiger partial charge < -0.3 is 18.9 Å². The minimum atomic E-state index is -4.29. The highest BCUT2D eigenvalue weighted by atomic mass is 31.2. The number of likely N-dealkylation sites (N-methyl/N-ethyl adjacent to an activating group) is 1. The van der Waals surface area contributed by atoms with Crippen molar-refractivity contribution in [3.05, 3.63) is 24.5 Å². The van der Waals surface area contributed by atoms with E-state index in [1.54, 1.807) is 6.26 Å². The summed E-state index contributed by atoms with van der Waals surface area (Å²) in [5.41, 5.74) is 0. The van der Waals surface area contributed by atoms with E-state index in [0.29, 0.717) is 17.4 Å². The number of allylic oxidation sites excluding steroid dienone is 3. The number of hydrogen-bond acceptors (Lipinski definition) is 6. The largest absolute Gasteiger partial charge is 0.498 e. The van der Waals surface area contributed by atoms with Crippen LogP contribution in [0.25, 0.3) is 0 Å². The fraction of sp³-hybridized carbons (Fsp3) is 0.900. The molecule has 0 aromatic heterocycles. The van der Waals surface area contributed by atoms with Gasteiger partial charge in [-0.2, -0.15) is 0 Å². The molecule has 350 valence electrons. The van der Waals surface area contributed by atoms with Gasteiger partial charge in [-0.05, 0) is 51.0 Å². The Labute approximate surface area is 366 Å². The molecule has 0 spiro atoms. The molecule has 0 bridgehead atoms. The average molecular weight is 857 g/mol. The van der Waals surface area contributed by atoms with E-state index < -0.39 is 13.9 Å². The lowest BCUT2D eigenvalue weighted by Gasteiger charge is -2.24. The van der Waals surface area contributed by atoms with Gasteiger partial charge in [-0.25, -0.2) is 4.57 Å². The van der Waals surface area contributed by atoms with Crippen LogP contribution in [0.1, 0.15) is 239 Å². The molecule has 0 aliphatic rings. The van der Waals surface area contributed by atoms with Crippen LogP contribution in [-0.2, 0) is 27.9 Å². The molecule has 1 N–H and O–H groups in total. The Hall–Kier alpha value is -1.18. The quantitative estimate of drug-likeness (QED) is 0.0163. The van der Waals surface area contributed by atoms with Gasteiger partial charge in [-0.1, -0.05) is 199 Å². The van der Waals surface area contributed by atoms with Gasteiger partial charge in [-0.3, -0.25) is 13.8 Å². The first-order valence-corrected chi connectivity index (χ1v) is 26.6. The second-order valence-electron chi connectivity index (χ2n) is 18.3. The molecule has 0 fully saturated rings. The summed E-state index contributed by atoms with van der Waals surface area (Å²) in [4.78, 5) is 22.9. The van der Waals surface area contributed by atoms with E-state index in [9.17, 15) is 14.3 Å². The van der Waals surface area contributed by atoms with Crippen LogP contribution in [0.3, 0.4) is 0 Å². The maximum absolute atomic E-state index is 12.7. The number of esters is 1. The number of carbonyl (C=O) groups is 1. The van der Waals surface area contributed by atoms with Gasteiger partial charge in [0, 0.05) is 6.42 Å². The topological polar surface area (TPSA) is 91.3 Å². The Morgan fingerprint density at radius 3 is 1.31 bits per heavy atom. The molecule has 2 atom stereocenters. The summed E-state index contributed by atoms with van der Waals surface area (Å²) in [6, 6.07) is 0. The predicted octanol–water partition coefficient (Wildman–Crippen LogP) is 15.5. The highest BCUT2D eigenvalue weighted by Crippen LogP contribution is 2.43. The number of ether oxygens (including phenoxy) is 2. The van der Waals surface area contributed by atoms with Crippen LogP contribution in [0.4, 0.5) is 0 Å². The van der Waals surface area contributed by atoms with Gasteiger partial charge in [0.05, 0.1) is 34.0 Å². The van der Waals surface area contributed by atoms with E-state index in [1.807, 2.05) is 27.2 Å². The molecule has 1 unspecified atom stereocenters. The number of rotatable bonds is 47. The van der Waals surface area contributed by atoms with Gasteiger partial charge in [0.2, 0.25) is 0 Å². The number of phosphoric acid groups is 1. The van der Waals surface area contributed by atoms with Crippen molar-refractivity contribution in [2.45, 2.75) is 245 Å². The first-order chi connectivity index (χ1) is 28.6. The van der Waals surface area contributed by atoms with E-state index in [0.717, 1.165) is 32.1 Å². The highest BCUT2D eigenvalue weighted by molar-refractivity contribution is 7.47. The van der Waals surface area contributed by atoms with Gasteiger partial charge in [0.1, 0.15) is 19.8 Å². The average Bonchev–Trinajstić information content (AvgIpc) is 3.19. The summed E-state index contributed by atoms with van der Waals surface area (Å²) in [6.07, 6.45) is 51.7. The molecule has 0 heterocycles. The molecule has 0 saturated carbocycles. The summed E-state index contributed by atoms with van der Waals surface area (Å²) >= 11 is 0. The second kappa shape index (κ2) is 43.5. The van der Waals surface area contributed by atoms with Crippen molar-refractivity contribution < 1.29 is 37.3 Å². The number of nitrogens with zero attached hydrogens (tertiary/aromatic N) is 1. The number of quaternary nitrogens is 1. The molecule has 59 heavy (non-hydrogen) atoms. The van der Waals surface area contributed by atoms with Crippen molar-refractivity contribution in [1.29, 1.82) is 0 Å². The molecule has 0 radical (unpaired) electrons. The Morgan fingerprint density at radius 2 is 0.898 bits per heavy atom. The van der Waals surface area contributed by atoms with Crippen LogP contribution in [0.15, 0.2) is 24.5 Å². The third-order valence-electron chi connectivity index (χ3n) is 11.1. The summed E-state index contributed by atoms with van der Waals surface area (Å²) in [5.74, 6) is -0.334. The third-order valence-corrected chi connectivity index (χ3v) is 12.1. The van der Waals surface area contributed by atoms with Crippen LogP contribution in [-0.4, -0.2) is 69.0 Å². The van der Waals surface area contributed by atoms with Gasteiger partial charge in [0.25, 0.3) is 0 Å². The zero-order chi connectivity index (χ0) is 43.4. The molecule has 0 aromatic carbocycles. The van der Waals surface area contributed by atoms with Crippen LogP contribution < -0.4 is 0 Å². The molecule has 0 aliphatic heterocycles. The Balaban J connectivity index is 4.18. The van der Waals surface area contributed by atoms with E-state index >= 15 is 0 Å². The van der Waals surface area contributed by atoms with E-state index in [-0.39, 0.29) is 25.8 Å². The van der Waals surface area contributed by atoms with Gasteiger partial charge >= 0.3 is 13.8 Å². The maximum Gasteiger partial charge on any atom is 0.472 e. The molecule has 0 amide bonds. The maximum atomic E-state index is 12.7. The van der Waals surface area contributed by atoms with Crippen molar-refractivity contribution >= 4 is 13.8 Å². The SMILES string of the molecule is CCCCCCCC/C=C/CCCCCCCCCCCC(=O)O[C@H](CO/C=C/CCCCCCCCCCCCCCCCCC)COP(=O)(O)OCC[N+](C)(C)C. The molecule has 9 heteroatoms. The van der Waals surface area contributed by atoms with Crippen molar-refractivity contribution in [3.8, 4) is 0 Å². The predicted molar refractivity (Wildman–Crippen MR) is 252 cm³/mol. The monoisotopic (exact) mass is 857 g/mol. The lowest BCUT2D eigenvalue weighted by atomic mass is 10.0. The van der Waals surface area contributed by atoms with E-state index in [4.69, 9.17) is 18.5 Å². The summed E-state index contributed by atoms with van der Waals surface area (Å²) < 4.78 is 34.9. The van der Waals surface area contributed by atoms with Crippen molar-refractivity contribution in [2.24, 2.45) is 0 Å². The summed E-state index contributed by atoms with van der Waals surface area (Å²) in [6.45, 7) is 4.96. The normalized spacial score (nSPS) is 13.7. The standard InChI is InChI=1S/C50H98NO7P/c1-6-8-10-12-14-16-18-20-22-24-26-27-29-31-33-35-37-39-41-43-50(52)58-49(48-57-59(53,54)56-46-44-51(3,4)5)47-55-45-42-40-38-36-34-32-30-28-25-23-21-19-17-15-13-11-9-7-2/h20,22,42,45,49H,6-19,21,23-41,43-44,46-48H2,1-5H3/p+1/b22-20+,45-42+/t49-/m1/s1. The zero-order valence-corrected chi connectivity index (χ0v) is 40.6. The van der Waals surface area contributed by atoms with Crippen molar-refractivity contribution in [2.75, 3.05) is 47.5 Å². The molecule has 8 nitrogen and oxygen atoms in total. The molecular formula is C50H99NO7P+. The van der Waals surface area contributed by atoms with Gasteiger partial charge in [-0.15, -0.1) is 0 Å². The number of unbranched alkanes of at least 4 members (excludes halogenated alkanes) is 31. The molecule has 0 rings (SSSR count). The molecule has 0 saturated heterocycles. The first kappa shape index (κ1) is 57.8. The fourth-order valence-electron chi connectivity index (χ4n) is 7.16. The Bertz CT molecular complexity index is 998. The first-order valence-electron chi connectivity index (χ1n) is 25.1. The Morgan fingerprint density at radius 1 is 0.525 bits per heavy atom. The number of phosphoric ester groups is 1. The minimum absolute atomic E-state index is 0.0512. The van der Waals surface area contributed by atoms with Crippen molar-refractivity contribution in [1.82, 2.24) is 0 Å². The lowest BCUT2D eigenvalue weighted by Crippen LogP contribution is -2.37. The lowest BCUT2D eigenvalue weighted by molar-refractivity contribution is -0.870. The summed E-state index contributed by atoms with van der Waals surface area (Å²) in [5, 5.41) is 0. The van der Waals surface area contributed by atoms with E-state index in [1.165, 1.54) is 186 Å². The van der Waals surface area contributed by atoms with Crippen molar-refractivity contribution in [3.63, 3.8) is 0 Å². The van der Waals surface area contributed by atoms with Crippen LogP contribution in [0, 0.1) is 0 Å². The fourth-order valence-corrected chi connectivity index (χ4v) is 7.90. The van der Waals surface area contributed by atoms with Crippen LogP contribution in [0.5, 0.6) is 0 Å².